The van der Waals surface area contributed by atoms with Crippen LogP contribution in [-0.4, -0.2) is 48.3 Å². The second-order valence-corrected chi connectivity index (χ2v) is 8.54. The van der Waals surface area contributed by atoms with Crippen LogP contribution in [0.3, 0.4) is 0 Å². The first-order valence-electron chi connectivity index (χ1n) is 11.0. The lowest BCUT2D eigenvalue weighted by atomic mass is 10.1. The van der Waals surface area contributed by atoms with Crippen LogP contribution in [0.5, 0.6) is 0 Å². The van der Waals surface area contributed by atoms with Crippen LogP contribution in [0.1, 0.15) is 64.4 Å². The average molecular weight is 403 g/mol. The number of aliphatic imine (C=N–C) groups is 2. The predicted octanol–water partition coefficient (Wildman–Crippen LogP) is 5.11. The van der Waals surface area contributed by atoms with Gasteiger partial charge in [-0.3, -0.25) is 9.98 Å². The Balaban J connectivity index is 1.40. The van der Waals surface area contributed by atoms with E-state index in [0.29, 0.717) is 12.1 Å². The van der Waals surface area contributed by atoms with Crippen molar-refractivity contribution in [1.82, 2.24) is 10.2 Å². The molecule has 154 valence electrons. The Morgan fingerprint density at radius 1 is 1.11 bits per heavy atom. The van der Waals surface area contributed by atoms with Crippen LogP contribution in [0, 0.1) is 0 Å². The third-order valence-corrected chi connectivity index (χ3v) is 5.83. The van der Waals surface area contributed by atoms with E-state index < -0.39 is 0 Å². The summed E-state index contributed by atoms with van der Waals surface area (Å²) in [6.07, 6.45) is 9.23. The van der Waals surface area contributed by atoms with Crippen LogP contribution < -0.4 is 5.32 Å². The Morgan fingerprint density at radius 3 is 2.64 bits per heavy atom. The van der Waals surface area contributed by atoms with Crippen molar-refractivity contribution >= 4 is 23.3 Å². The van der Waals surface area contributed by atoms with Crippen molar-refractivity contribution in [3.05, 3.63) is 34.9 Å². The largest absolute Gasteiger partial charge is 0.369 e. The minimum atomic E-state index is 0.379. The second-order valence-electron chi connectivity index (χ2n) is 8.10. The van der Waals surface area contributed by atoms with Crippen molar-refractivity contribution in [2.24, 2.45) is 9.98 Å². The van der Waals surface area contributed by atoms with Crippen LogP contribution in [0.15, 0.2) is 34.3 Å². The molecule has 0 aliphatic carbocycles. The van der Waals surface area contributed by atoms with Crippen LogP contribution in [0.4, 0.5) is 0 Å². The molecule has 0 aromatic heterocycles. The number of benzene rings is 1. The van der Waals surface area contributed by atoms with Crippen molar-refractivity contribution < 1.29 is 0 Å². The molecule has 0 unspecified atom stereocenters. The fourth-order valence-electron chi connectivity index (χ4n) is 4.15. The molecule has 0 bridgehead atoms. The number of amidine groups is 2. The molecule has 1 N–H and O–H groups in total. The maximum Gasteiger partial charge on any atom is 0.0993 e. The molecule has 0 saturated heterocycles. The molecule has 28 heavy (non-hydrogen) atoms. The van der Waals surface area contributed by atoms with Crippen molar-refractivity contribution in [2.45, 2.75) is 77.3 Å². The summed E-state index contributed by atoms with van der Waals surface area (Å²) in [5, 5.41) is 4.39. The Bertz CT molecular complexity index is 668. The van der Waals surface area contributed by atoms with Gasteiger partial charge in [0.05, 0.1) is 24.3 Å². The first-order chi connectivity index (χ1) is 13.7. The zero-order chi connectivity index (χ0) is 19.8. The van der Waals surface area contributed by atoms with Crippen LogP contribution in [-0.2, 0) is 6.42 Å². The second kappa shape index (κ2) is 10.8. The molecular weight excluding hydrogens is 368 g/mol. The van der Waals surface area contributed by atoms with Crippen molar-refractivity contribution in [3.63, 3.8) is 0 Å². The SMILES string of the molecule is CCCC1=NC[C@H](CCCCN2C[C@H](Cc3ccc(Cl)cc3)N=C2CCC)N1. The molecule has 0 fully saturated rings. The highest BCUT2D eigenvalue weighted by molar-refractivity contribution is 6.30. The summed E-state index contributed by atoms with van der Waals surface area (Å²) in [4.78, 5) is 12.2. The Hall–Kier alpha value is -1.55. The molecule has 3 rings (SSSR count). The molecule has 1 aromatic carbocycles. The molecular formula is C23H35ClN4. The zero-order valence-corrected chi connectivity index (χ0v) is 18.2. The molecule has 2 aliphatic rings. The number of nitrogens with one attached hydrogen (secondary N) is 1. The maximum atomic E-state index is 6.01. The van der Waals surface area contributed by atoms with E-state index in [0.717, 1.165) is 50.3 Å². The Kier molecular flexibility index (Phi) is 8.20. The average Bonchev–Trinajstić information content (AvgIpc) is 3.28. The van der Waals surface area contributed by atoms with Gasteiger partial charge in [-0.25, -0.2) is 0 Å². The van der Waals surface area contributed by atoms with Crippen molar-refractivity contribution in [3.8, 4) is 0 Å². The number of halogens is 1. The summed E-state index contributed by atoms with van der Waals surface area (Å²) in [7, 11) is 0. The van der Waals surface area contributed by atoms with Crippen LogP contribution >= 0.6 is 11.6 Å². The number of hydrogen-bond donors (Lipinski definition) is 1. The van der Waals surface area contributed by atoms with Gasteiger partial charge in [-0.15, -0.1) is 0 Å². The van der Waals surface area contributed by atoms with Gasteiger partial charge in [-0.05, 0) is 56.2 Å². The van der Waals surface area contributed by atoms with E-state index in [-0.39, 0.29) is 0 Å². The van der Waals surface area contributed by atoms with Crippen LogP contribution in [0.25, 0.3) is 0 Å². The van der Waals surface area contributed by atoms with Gasteiger partial charge in [-0.2, -0.15) is 0 Å². The number of nitrogens with zero attached hydrogens (tertiary/aromatic N) is 3. The molecule has 5 heteroatoms. The van der Waals surface area contributed by atoms with Gasteiger partial charge in [0.25, 0.3) is 0 Å². The molecule has 0 spiro atoms. The number of rotatable bonds is 11. The maximum absolute atomic E-state index is 6.01. The van der Waals surface area contributed by atoms with Gasteiger partial charge in [0.15, 0.2) is 0 Å². The number of hydrogen-bond acceptors (Lipinski definition) is 4. The topological polar surface area (TPSA) is 40.0 Å². The van der Waals surface area contributed by atoms with E-state index >= 15 is 0 Å². The Morgan fingerprint density at radius 2 is 1.89 bits per heavy atom. The van der Waals surface area contributed by atoms with E-state index in [1.807, 2.05) is 12.1 Å². The molecule has 4 nitrogen and oxygen atoms in total. The fourth-order valence-corrected chi connectivity index (χ4v) is 4.28. The van der Waals surface area contributed by atoms with Gasteiger partial charge in [0, 0.05) is 37.0 Å². The normalized spacial score (nSPS) is 21.6. The van der Waals surface area contributed by atoms with Gasteiger partial charge in [0.2, 0.25) is 0 Å². The summed E-state index contributed by atoms with van der Waals surface area (Å²) in [5.41, 5.74) is 1.33. The number of unbranched alkanes of at least 4 members (excludes halogenated alkanes) is 1. The summed E-state index contributed by atoms with van der Waals surface area (Å²) in [5.74, 6) is 2.53. The standard InChI is InChI=1S/C23H35ClN4/c1-3-7-22-25-16-20(26-22)9-5-6-14-28-17-21(27-23(28)8-4-2)15-18-10-12-19(24)13-11-18/h10-13,20-21H,3-9,14-17H2,1-2H3,(H,25,26)/t20-,21-/m0/s1. The minimum absolute atomic E-state index is 0.379. The lowest BCUT2D eigenvalue weighted by molar-refractivity contribution is 0.394. The van der Waals surface area contributed by atoms with Gasteiger partial charge in [0.1, 0.15) is 0 Å². The molecule has 0 amide bonds. The lowest BCUT2D eigenvalue weighted by Gasteiger charge is -2.21. The highest BCUT2D eigenvalue weighted by atomic mass is 35.5. The van der Waals surface area contributed by atoms with E-state index in [2.05, 4.69) is 41.2 Å². The third kappa shape index (κ3) is 6.23. The predicted molar refractivity (Wildman–Crippen MR) is 121 cm³/mol. The molecule has 2 aliphatic heterocycles. The van der Waals surface area contributed by atoms with Gasteiger partial charge in [-0.1, -0.05) is 37.6 Å². The zero-order valence-electron chi connectivity index (χ0n) is 17.5. The molecule has 0 radical (unpaired) electrons. The third-order valence-electron chi connectivity index (χ3n) is 5.58. The van der Waals surface area contributed by atoms with E-state index in [4.69, 9.17) is 16.6 Å². The monoisotopic (exact) mass is 402 g/mol. The van der Waals surface area contributed by atoms with Crippen LogP contribution in [0.2, 0.25) is 5.02 Å². The molecule has 2 heterocycles. The van der Waals surface area contributed by atoms with Crippen molar-refractivity contribution in [1.29, 1.82) is 0 Å². The highest BCUT2D eigenvalue weighted by Gasteiger charge is 2.24. The van der Waals surface area contributed by atoms with E-state index in [1.54, 1.807) is 0 Å². The van der Waals surface area contributed by atoms with E-state index in [1.165, 1.54) is 42.9 Å². The lowest BCUT2D eigenvalue weighted by Crippen LogP contribution is -2.32. The molecule has 0 saturated carbocycles. The summed E-state index contributed by atoms with van der Waals surface area (Å²) in [6, 6.07) is 9.15. The van der Waals surface area contributed by atoms with Crippen molar-refractivity contribution in [2.75, 3.05) is 19.6 Å². The summed E-state index contributed by atoms with van der Waals surface area (Å²) < 4.78 is 0. The van der Waals surface area contributed by atoms with E-state index in [9.17, 15) is 0 Å². The fraction of sp³-hybridized carbons (Fsp3) is 0.652. The molecule has 2 atom stereocenters. The Labute approximate surface area is 175 Å². The quantitative estimate of drug-likeness (QED) is 0.522. The first-order valence-corrected chi connectivity index (χ1v) is 11.4. The minimum Gasteiger partial charge on any atom is -0.369 e. The van der Waals surface area contributed by atoms with Gasteiger partial charge >= 0.3 is 0 Å². The summed E-state index contributed by atoms with van der Waals surface area (Å²) >= 11 is 6.01. The highest BCUT2D eigenvalue weighted by Crippen LogP contribution is 2.19. The summed E-state index contributed by atoms with van der Waals surface area (Å²) in [6.45, 7) is 7.61. The van der Waals surface area contributed by atoms with Gasteiger partial charge < -0.3 is 10.2 Å². The molecule has 1 aromatic rings. The first kappa shape index (κ1) is 21.2. The smallest absolute Gasteiger partial charge is 0.0993 e.